The molecule has 3 aromatic rings. The minimum absolute atomic E-state index is 0.0801. The van der Waals surface area contributed by atoms with Gasteiger partial charge in [-0.05, 0) is 48.6 Å². The SMILES string of the molecule is COc1ccc([C@@H]2C[C@H](c3ccccc3Cl)n3nc(N4C(=O)[C@@H]5CC=CC[C@H]5C4=O)nc3N2)cc1. The average molecular weight is 490 g/mol. The quantitative estimate of drug-likeness (QED) is 0.427. The maximum atomic E-state index is 13.1. The molecule has 3 heterocycles. The Balaban J connectivity index is 1.40. The summed E-state index contributed by atoms with van der Waals surface area (Å²) in [7, 11) is 1.64. The molecular formula is C26H24ClN5O3. The van der Waals surface area contributed by atoms with Crippen molar-refractivity contribution in [2.45, 2.75) is 31.3 Å². The molecule has 0 saturated carbocycles. The number of imide groups is 1. The number of halogens is 1. The molecule has 0 radical (unpaired) electrons. The van der Waals surface area contributed by atoms with Crippen LogP contribution in [0.5, 0.6) is 5.75 Å². The van der Waals surface area contributed by atoms with Gasteiger partial charge in [-0.15, -0.1) is 5.10 Å². The van der Waals surface area contributed by atoms with E-state index in [-0.39, 0.29) is 41.7 Å². The van der Waals surface area contributed by atoms with Crippen LogP contribution in [0.25, 0.3) is 0 Å². The average Bonchev–Trinajstić information content (AvgIpc) is 3.42. The van der Waals surface area contributed by atoms with Gasteiger partial charge in [0.15, 0.2) is 0 Å². The van der Waals surface area contributed by atoms with E-state index in [9.17, 15) is 9.59 Å². The molecule has 3 aliphatic rings. The molecule has 2 aliphatic heterocycles. The van der Waals surface area contributed by atoms with Gasteiger partial charge in [-0.25, -0.2) is 9.58 Å². The second-order valence-corrected chi connectivity index (χ2v) is 9.50. The Morgan fingerprint density at radius 3 is 2.34 bits per heavy atom. The van der Waals surface area contributed by atoms with Crippen LogP contribution in [0, 0.1) is 11.8 Å². The van der Waals surface area contributed by atoms with Crippen LogP contribution in [0.1, 0.15) is 42.5 Å². The van der Waals surface area contributed by atoms with Crippen molar-refractivity contribution in [2.75, 3.05) is 17.3 Å². The van der Waals surface area contributed by atoms with E-state index < -0.39 is 0 Å². The normalized spacial score (nSPS) is 25.3. The van der Waals surface area contributed by atoms with Crippen molar-refractivity contribution in [3.8, 4) is 5.75 Å². The van der Waals surface area contributed by atoms with Crippen LogP contribution in [-0.2, 0) is 9.59 Å². The zero-order valence-electron chi connectivity index (χ0n) is 19.1. The predicted octanol–water partition coefficient (Wildman–Crippen LogP) is 4.54. The first-order valence-corrected chi connectivity index (χ1v) is 12.1. The van der Waals surface area contributed by atoms with Gasteiger partial charge in [-0.2, -0.15) is 4.98 Å². The van der Waals surface area contributed by atoms with E-state index in [0.29, 0.717) is 30.2 Å². The fourth-order valence-electron chi connectivity index (χ4n) is 5.32. The topological polar surface area (TPSA) is 89.4 Å². The molecule has 0 unspecified atom stereocenters. The van der Waals surface area contributed by atoms with Crippen LogP contribution in [0.3, 0.4) is 0 Å². The van der Waals surface area contributed by atoms with Crippen LogP contribution >= 0.6 is 11.6 Å². The van der Waals surface area contributed by atoms with Gasteiger partial charge in [0.2, 0.25) is 17.8 Å². The summed E-state index contributed by atoms with van der Waals surface area (Å²) in [5.74, 6) is 0.246. The molecule has 6 rings (SSSR count). The summed E-state index contributed by atoms with van der Waals surface area (Å²) < 4.78 is 7.05. The van der Waals surface area contributed by atoms with E-state index in [1.165, 1.54) is 4.90 Å². The number of rotatable bonds is 4. The summed E-state index contributed by atoms with van der Waals surface area (Å²) in [5, 5.41) is 8.75. The van der Waals surface area contributed by atoms with Crippen molar-refractivity contribution < 1.29 is 14.3 Å². The number of amides is 2. The number of nitrogens with one attached hydrogen (secondary N) is 1. The number of allylic oxidation sites excluding steroid dienone is 2. The molecule has 0 bridgehead atoms. The van der Waals surface area contributed by atoms with Crippen LogP contribution in [0.2, 0.25) is 5.02 Å². The van der Waals surface area contributed by atoms with E-state index in [4.69, 9.17) is 16.3 Å². The molecule has 9 heteroatoms. The molecule has 4 atom stereocenters. The van der Waals surface area contributed by atoms with Gasteiger partial charge in [0.1, 0.15) is 5.75 Å². The molecule has 35 heavy (non-hydrogen) atoms. The molecule has 2 amide bonds. The van der Waals surface area contributed by atoms with Gasteiger partial charge < -0.3 is 10.1 Å². The third-order valence-electron chi connectivity index (χ3n) is 7.17. The Hall–Kier alpha value is -3.65. The highest BCUT2D eigenvalue weighted by molar-refractivity contribution is 6.31. The Labute approximate surface area is 207 Å². The fraction of sp³-hybridized carbons (Fsp3) is 0.308. The van der Waals surface area contributed by atoms with Gasteiger partial charge in [0.25, 0.3) is 5.95 Å². The second-order valence-electron chi connectivity index (χ2n) is 9.09. The zero-order valence-corrected chi connectivity index (χ0v) is 19.9. The van der Waals surface area contributed by atoms with Crippen LogP contribution < -0.4 is 15.0 Å². The summed E-state index contributed by atoms with van der Waals surface area (Å²) >= 11 is 6.60. The van der Waals surface area contributed by atoms with E-state index in [1.807, 2.05) is 60.7 Å². The zero-order chi connectivity index (χ0) is 24.1. The standard InChI is InChI=1S/C26H24ClN5O3/c1-35-16-12-10-15(11-13-16)21-14-22(19-8-4-5-9-20(19)27)32-25(28-21)29-26(30-32)31-23(33)17-6-2-3-7-18(17)24(31)34/h2-5,8-13,17-18,21-22H,6-7,14H2,1H3,(H,28,29,30)/t17-,18-,21+,22-/m1/s1. The van der Waals surface area contributed by atoms with Gasteiger partial charge in [-0.3, -0.25) is 9.59 Å². The van der Waals surface area contributed by atoms with E-state index in [2.05, 4.69) is 15.4 Å². The molecule has 178 valence electrons. The largest absolute Gasteiger partial charge is 0.497 e. The molecule has 8 nitrogen and oxygen atoms in total. The highest BCUT2D eigenvalue weighted by atomic mass is 35.5. The molecule has 1 aliphatic carbocycles. The summed E-state index contributed by atoms with van der Waals surface area (Å²) in [6, 6.07) is 15.2. The Morgan fingerprint density at radius 2 is 1.69 bits per heavy atom. The van der Waals surface area contributed by atoms with E-state index in [0.717, 1.165) is 16.9 Å². The lowest BCUT2D eigenvalue weighted by Crippen LogP contribution is -2.32. The third-order valence-corrected chi connectivity index (χ3v) is 7.51. The molecule has 1 fully saturated rings. The third kappa shape index (κ3) is 3.60. The molecular weight excluding hydrogens is 466 g/mol. The minimum Gasteiger partial charge on any atom is -0.497 e. The number of anilines is 2. The molecule has 0 spiro atoms. The number of aromatic nitrogens is 3. The summed E-state index contributed by atoms with van der Waals surface area (Å²) in [4.78, 5) is 32.1. The Morgan fingerprint density at radius 1 is 1.00 bits per heavy atom. The Bertz CT molecular complexity index is 1310. The Kier molecular flexibility index (Phi) is 5.33. The first-order chi connectivity index (χ1) is 17.0. The fourth-order valence-corrected chi connectivity index (χ4v) is 5.58. The van der Waals surface area contributed by atoms with Crippen LogP contribution in [-0.4, -0.2) is 33.7 Å². The van der Waals surface area contributed by atoms with E-state index >= 15 is 0 Å². The smallest absolute Gasteiger partial charge is 0.260 e. The van der Waals surface area contributed by atoms with Crippen molar-refractivity contribution in [1.29, 1.82) is 0 Å². The van der Waals surface area contributed by atoms with Crippen molar-refractivity contribution in [3.05, 3.63) is 76.8 Å². The van der Waals surface area contributed by atoms with Gasteiger partial charge in [-0.1, -0.05) is 54.1 Å². The van der Waals surface area contributed by atoms with Gasteiger partial charge >= 0.3 is 0 Å². The summed E-state index contributed by atoms with van der Waals surface area (Å²) in [5.41, 5.74) is 1.97. The number of hydrogen-bond acceptors (Lipinski definition) is 6. The highest BCUT2D eigenvalue weighted by Crippen LogP contribution is 2.42. The number of fused-ring (bicyclic) bond motifs is 2. The predicted molar refractivity (Wildman–Crippen MR) is 131 cm³/mol. The molecule has 1 N–H and O–H groups in total. The first-order valence-electron chi connectivity index (χ1n) is 11.7. The van der Waals surface area contributed by atoms with Crippen molar-refractivity contribution in [1.82, 2.24) is 14.8 Å². The maximum Gasteiger partial charge on any atom is 0.260 e. The van der Waals surface area contributed by atoms with Crippen LogP contribution in [0.4, 0.5) is 11.9 Å². The summed E-state index contributed by atoms with van der Waals surface area (Å²) in [6.07, 6.45) is 5.73. The van der Waals surface area contributed by atoms with Crippen molar-refractivity contribution in [2.24, 2.45) is 11.8 Å². The lowest BCUT2D eigenvalue weighted by molar-refractivity contribution is -0.122. The maximum absolute atomic E-state index is 13.1. The number of benzene rings is 2. The number of ether oxygens (including phenoxy) is 1. The molecule has 2 aromatic carbocycles. The highest BCUT2D eigenvalue weighted by Gasteiger charge is 2.50. The van der Waals surface area contributed by atoms with Gasteiger partial charge in [0.05, 0.1) is 31.0 Å². The molecule has 1 aromatic heterocycles. The lowest BCUT2D eigenvalue weighted by atomic mass is 9.85. The number of carbonyl (C=O) groups is 2. The van der Waals surface area contributed by atoms with Gasteiger partial charge in [0, 0.05) is 5.02 Å². The van der Waals surface area contributed by atoms with Crippen LogP contribution in [0.15, 0.2) is 60.7 Å². The number of hydrogen-bond donors (Lipinski definition) is 1. The molecule has 1 saturated heterocycles. The van der Waals surface area contributed by atoms with Crippen molar-refractivity contribution >= 4 is 35.3 Å². The number of carbonyl (C=O) groups excluding carboxylic acids is 2. The lowest BCUT2D eigenvalue weighted by Gasteiger charge is -2.32. The minimum atomic E-state index is -0.340. The number of methoxy groups -OCH3 is 1. The summed E-state index contributed by atoms with van der Waals surface area (Å²) in [6.45, 7) is 0. The second kappa shape index (κ2) is 8.53. The van der Waals surface area contributed by atoms with Crippen molar-refractivity contribution in [3.63, 3.8) is 0 Å². The first kappa shape index (κ1) is 21.9. The number of nitrogens with zero attached hydrogens (tertiary/aromatic N) is 4. The monoisotopic (exact) mass is 489 g/mol. The van der Waals surface area contributed by atoms with E-state index in [1.54, 1.807) is 11.8 Å².